The SMILES string of the molecule is COc1cc2c(c(OC)c1OC)-c1ccc(NCCSC(=N)N)c(=O)cc1C(NC(C)=O)CC2. The zero-order valence-corrected chi connectivity index (χ0v) is 20.6. The molecule has 0 aliphatic heterocycles. The lowest BCUT2D eigenvalue weighted by atomic mass is 9.95. The maximum Gasteiger partial charge on any atom is 0.217 e. The number of carbonyl (C=O) groups is 1. The van der Waals surface area contributed by atoms with Gasteiger partial charge in [0.1, 0.15) is 0 Å². The molecule has 0 bridgehead atoms. The van der Waals surface area contributed by atoms with E-state index < -0.39 is 0 Å². The molecular formula is C24H30N4O5S. The molecule has 0 spiro atoms. The normalized spacial score (nSPS) is 14.2. The number of anilines is 1. The maximum absolute atomic E-state index is 13.1. The minimum atomic E-state index is -0.359. The number of fused-ring (bicyclic) bond motifs is 3. The summed E-state index contributed by atoms with van der Waals surface area (Å²) in [6, 6.07) is 6.73. The van der Waals surface area contributed by atoms with E-state index in [0.717, 1.165) is 16.7 Å². The topological polar surface area (TPSA) is 136 Å². The minimum Gasteiger partial charge on any atom is -0.493 e. The number of carbonyl (C=O) groups excluding carboxylic acids is 1. The van der Waals surface area contributed by atoms with Gasteiger partial charge >= 0.3 is 0 Å². The van der Waals surface area contributed by atoms with E-state index in [4.69, 9.17) is 25.4 Å². The van der Waals surface area contributed by atoms with Crippen molar-refractivity contribution in [3.05, 3.63) is 45.6 Å². The van der Waals surface area contributed by atoms with Gasteiger partial charge in [-0.15, -0.1) is 0 Å². The molecule has 0 saturated carbocycles. The average Bonchev–Trinajstić information content (AvgIpc) is 3.04. The van der Waals surface area contributed by atoms with Gasteiger partial charge in [-0.2, -0.15) is 0 Å². The third-order valence-electron chi connectivity index (χ3n) is 5.59. The largest absolute Gasteiger partial charge is 0.493 e. The second kappa shape index (κ2) is 11.1. The smallest absolute Gasteiger partial charge is 0.217 e. The third-order valence-corrected chi connectivity index (χ3v) is 6.31. The highest BCUT2D eigenvalue weighted by molar-refractivity contribution is 8.13. The van der Waals surface area contributed by atoms with Crippen LogP contribution in [0.4, 0.5) is 5.69 Å². The molecule has 2 aromatic carbocycles. The number of aryl methyl sites for hydroxylation is 1. The van der Waals surface area contributed by atoms with Crippen molar-refractivity contribution in [2.45, 2.75) is 25.8 Å². The van der Waals surface area contributed by atoms with Crippen LogP contribution in [0.15, 0.2) is 29.1 Å². The lowest BCUT2D eigenvalue weighted by molar-refractivity contribution is -0.119. The monoisotopic (exact) mass is 486 g/mol. The van der Waals surface area contributed by atoms with E-state index in [1.807, 2.05) is 12.1 Å². The summed E-state index contributed by atoms with van der Waals surface area (Å²) in [6.45, 7) is 1.93. The van der Waals surface area contributed by atoms with Crippen molar-refractivity contribution in [1.29, 1.82) is 5.41 Å². The second-order valence-electron chi connectivity index (χ2n) is 7.74. The lowest BCUT2D eigenvalue weighted by Gasteiger charge is -2.19. The summed E-state index contributed by atoms with van der Waals surface area (Å²) in [5, 5.41) is 13.5. The van der Waals surface area contributed by atoms with Gasteiger partial charge in [-0.05, 0) is 47.7 Å². The molecule has 0 heterocycles. The van der Waals surface area contributed by atoms with Crippen molar-refractivity contribution >= 4 is 28.5 Å². The molecule has 9 nitrogen and oxygen atoms in total. The first-order chi connectivity index (χ1) is 16.3. The van der Waals surface area contributed by atoms with E-state index in [2.05, 4.69) is 10.6 Å². The molecule has 1 aliphatic carbocycles. The standard InChI is InChI=1S/C24H30N4O5S/c1-13(29)28-17-7-5-14-11-20(31-2)22(32-3)23(33-4)21(14)15-6-8-18(19(30)12-16(15)17)27-9-10-34-24(25)26/h6,8,11-12,17H,5,7,9-10H2,1-4H3,(H3,25,26)(H,27,30)(H,28,29). The summed E-state index contributed by atoms with van der Waals surface area (Å²) >= 11 is 1.20. The summed E-state index contributed by atoms with van der Waals surface area (Å²) in [5.74, 6) is 1.89. The maximum atomic E-state index is 13.1. The summed E-state index contributed by atoms with van der Waals surface area (Å²) in [4.78, 5) is 25.1. The van der Waals surface area contributed by atoms with E-state index in [1.54, 1.807) is 33.5 Å². The van der Waals surface area contributed by atoms with Gasteiger partial charge in [0.2, 0.25) is 17.1 Å². The van der Waals surface area contributed by atoms with E-state index in [9.17, 15) is 9.59 Å². The van der Waals surface area contributed by atoms with Crippen molar-refractivity contribution in [3.8, 4) is 28.4 Å². The Labute approximate surface area is 202 Å². The number of rotatable bonds is 8. The Kier molecular flexibility index (Phi) is 8.27. The molecule has 0 radical (unpaired) electrons. The molecular weight excluding hydrogens is 456 g/mol. The van der Waals surface area contributed by atoms with Crippen LogP contribution >= 0.6 is 11.8 Å². The molecule has 0 fully saturated rings. The number of amidine groups is 1. The fourth-order valence-corrected chi connectivity index (χ4v) is 4.62. The van der Waals surface area contributed by atoms with Crippen LogP contribution in [0.5, 0.6) is 17.2 Å². The molecule has 1 aliphatic rings. The number of nitrogens with one attached hydrogen (secondary N) is 3. The van der Waals surface area contributed by atoms with Crippen LogP contribution in [0.25, 0.3) is 11.1 Å². The van der Waals surface area contributed by atoms with Gasteiger partial charge in [0, 0.05) is 24.8 Å². The number of methoxy groups -OCH3 is 3. The summed E-state index contributed by atoms with van der Waals surface area (Å²) in [6.07, 6.45) is 1.23. The zero-order chi connectivity index (χ0) is 24.8. The van der Waals surface area contributed by atoms with Gasteiger partial charge in [0.05, 0.1) is 33.1 Å². The Morgan fingerprint density at radius 2 is 1.91 bits per heavy atom. The van der Waals surface area contributed by atoms with Crippen LogP contribution in [-0.4, -0.2) is 44.7 Å². The Bertz CT molecular complexity index is 1150. The molecule has 1 atom stereocenters. The first-order valence-electron chi connectivity index (χ1n) is 10.8. The van der Waals surface area contributed by atoms with Crippen LogP contribution < -0.4 is 36.0 Å². The molecule has 0 aromatic heterocycles. The predicted octanol–water partition coefficient (Wildman–Crippen LogP) is 2.90. The summed E-state index contributed by atoms with van der Waals surface area (Å²) in [7, 11) is 4.68. The van der Waals surface area contributed by atoms with Gasteiger partial charge < -0.3 is 30.6 Å². The number of amides is 1. The van der Waals surface area contributed by atoms with Gasteiger partial charge in [0.25, 0.3) is 0 Å². The van der Waals surface area contributed by atoms with Crippen molar-refractivity contribution in [2.24, 2.45) is 5.73 Å². The zero-order valence-electron chi connectivity index (χ0n) is 19.7. The molecule has 2 aromatic rings. The molecule has 1 amide bonds. The highest BCUT2D eigenvalue weighted by Crippen LogP contribution is 2.50. The highest BCUT2D eigenvalue weighted by Gasteiger charge is 2.29. The summed E-state index contributed by atoms with van der Waals surface area (Å²) in [5.41, 5.74) is 8.84. The van der Waals surface area contributed by atoms with Crippen molar-refractivity contribution in [2.75, 3.05) is 38.9 Å². The molecule has 3 rings (SSSR count). The molecule has 5 N–H and O–H groups in total. The number of nitrogens with two attached hydrogens (primary N) is 1. The first-order valence-corrected chi connectivity index (χ1v) is 11.8. The third kappa shape index (κ3) is 5.39. The van der Waals surface area contributed by atoms with Crippen LogP contribution in [0, 0.1) is 5.41 Å². The predicted molar refractivity (Wildman–Crippen MR) is 136 cm³/mol. The van der Waals surface area contributed by atoms with Crippen molar-refractivity contribution < 1.29 is 19.0 Å². The quantitative estimate of drug-likeness (QED) is 0.254. The Morgan fingerprint density at radius 1 is 1.18 bits per heavy atom. The van der Waals surface area contributed by atoms with Crippen LogP contribution in [0.2, 0.25) is 0 Å². The van der Waals surface area contributed by atoms with Crippen molar-refractivity contribution in [3.63, 3.8) is 0 Å². The van der Waals surface area contributed by atoms with Crippen LogP contribution in [0.3, 0.4) is 0 Å². The Balaban J connectivity index is 2.22. The fraction of sp³-hybridized carbons (Fsp3) is 0.375. The summed E-state index contributed by atoms with van der Waals surface area (Å²) < 4.78 is 16.9. The molecule has 34 heavy (non-hydrogen) atoms. The average molecular weight is 487 g/mol. The van der Waals surface area contributed by atoms with Crippen molar-refractivity contribution in [1.82, 2.24) is 5.32 Å². The van der Waals surface area contributed by atoms with Gasteiger partial charge in [-0.3, -0.25) is 15.0 Å². The lowest BCUT2D eigenvalue weighted by Crippen LogP contribution is -2.26. The molecule has 0 saturated heterocycles. The molecule has 182 valence electrons. The van der Waals surface area contributed by atoms with E-state index in [-0.39, 0.29) is 22.5 Å². The number of hydrogen-bond donors (Lipinski definition) is 4. The molecule has 10 heteroatoms. The van der Waals surface area contributed by atoms with E-state index in [1.165, 1.54) is 18.7 Å². The second-order valence-corrected chi connectivity index (χ2v) is 8.87. The molecule has 1 unspecified atom stereocenters. The van der Waals surface area contributed by atoms with Crippen LogP contribution in [-0.2, 0) is 11.2 Å². The number of benzene rings is 1. The Hall–Kier alpha value is -3.40. The first kappa shape index (κ1) is 25.2. The number of thioether (sulfide) groups is 1. The van der Waals surface area contributed by atoms with Gasteiger partial charge in [0.15, 0.2) is 16.7 Å². The highest BCUT2D eigenvalue weighted by atomic mass is 32.2. The number of ether oxygens (including phenoxy) is 3. The minimum absolute atomic E-state index is 0.0284. The van der Waals surface area contributed by atoms with Gasteiger partial charge in [-0.1, -0.05) is 17.8 Å². The van der Waals surface area contributed by atoms with E-state index in [0.29, 0.717) is 53.6 Å². The van der Waals surface area contributed by atoms with Gasteiger partial charge in [-0.25, -0.2) is 0 Å². The fourth-order valence-electron chi connectivity index (χ4n) is 4.20. The number of hydrogen-bond acceptors (Lipinski definition) is 8. The van der Waals surface area contributed by atoms with E-state index >= 15 is 0 Å². The Morgan fingerprint density at radius 3 is 2.53 bits per heavy atom. The van der Waals surface area contributed by atoms with Crippen LogP contribution in [0.1, 0.15) is 30.5 Å².